The van der Waals surface area contributed by atoms with Gasteiger partial charge in [0, 0.05) is 12.7 Å². The van der Waals surface area contributed by atoms with E-state index in [4.69, 9.17) is 5.26 Å². The van der Waals surface area contributed by atoms with Gasteiger partial charge in [-0.1, -0.05) is 6.92 Å². The zero-order valence-corrected chi connectivity index (χ0v) is 10.3. The highest BCUT2D eigenvalue weighted by atomic mass is 16.4. The summed E-state index contributed by atoms with van der Waals surface area (Å²) >= 11 is 0. The smallest absolute Gasteiger partial charge is 0.329 e. The van der Waals surface area contributed by atoms with Gasteiger partial charge in [0.2, 0.25) is 0 Å². The summed E-state index contributed by atoms with van der Waals surface area (Å²) in [6.45, 7) is 2.49. The second-order valence-corrected chi connectivity index (χ2v) is 4.43. The minimum atomic E-state index is -0.917. The van der Waals surface area contributed by atoms with Gasteiger partial charge in [0.1, 0.15) is 17.4 Å². The molecule has 1 aromatic rings. The molecule has 1 aliphatic rings. The highest BCUT2D eigenvalue weighted by Gasteiger charge is 2.47. The maximum absolute atomic E-state index is 11.6. The minimum absolute atomic E-state index is 0.429. The van der Waals surface area contributed by atoms with Gasteiger partial charge in [0.05, 0.1) is 5.56 Å². The molecule has 1 aromatic heterocycles. The molecule has 0 bridgehead atoms. The van der Waals surface area contributed by atoms with Crippen LogP contribution < -0.4 is 4.90 Å². The van der Waals surface area contributed by atoms with Gasteiger partial charge < -0.3 is 10.0 Å². The van der Waals surface area contributed by atoms with E-state index in [2.05, 4.69) is 11.1 Å². The first-order chi connectivity index (χ1) is 8.65. The number of carbonyl (C=O) groups is 1. The maximum Gasteiger partial charge on any atom is 0.329 e. The first-order valence-electron chi connectivity index (χ1n) is 6.02. The number of rotatable bonds is 3. The molecular formula is C13H15N3O2. The van der Waals surface area contributed by atoms with Gasteiger partial charge in [-0.3, -0.25) is 0 Å². The third-order valence-corrected chi connectivity index (χ3v) is 3.63. The number of pyridine rings is 1. The first kappa shape index (κ1) is 12.4. The zero-order valence-electron chi connectivity index (χ0n) is 10.3. The highest BCUT2D eigenvalue weighted by molar-refractivity contribution is 5.84. The van der Waals surface area contributed by atoms with Crippen molar-refractivity contribution < 1.29 is 9.90 Å². The van der Waals surface area contributed by atoms with Gasteiger partial charge in [-0.2, -0.15) is 5.26 Å². The van der Waals surface area contributed by atoms with E-state index >= 15 is 0 Å². The predicted molar refractivity (Wildman–Crippen MR) is 66.2 cm³/mol. The minimum Gasteiger partial charge on any atom is -0.479 e. The van der Waals surface area contributed by atoms with Crippen LogP contribution in [-0.4, -0.2) is 28.1 Å². The van der Waals surface area contributed by atoms with Crippen molar-refractivity contribution in [3.05, 3.63) is 23.9 Å². The van der Waals surface area contributed by atoms with Crippen molar-refractivity contribution in [1.29, 1.82) is 5.26 Å². The van der Waals surface area contributed by atoms with E-state index in [9.17, 15) is 9.90 Å². The van der Waals surface area contributed by atoms with E-state index < -0.39 is 11.5 Å². The van der Waals surface area contributed by atoms with E-state index in [1.165, 1.54) is 0 Å². The van der Waals surface area contributed by atoms with Gasteiger partial charge in [-0.15, -0.1) is 0 Å². The maximum atomic E-state index is 11.6. The summed E-state index contributed by atoms with van der Waals surface area (Å²) in [6, 6.07) is 5.43. The van der Waals surface area contributed by atoms with Gasteiger partial charge >= 0.3 is 5.97 Å². The van der Waals surface area contributed by atoms with Crippen molar-refractivity contribution in [2.75, 3.05) is 11.4 Å². The lowest BCUT2D eigenvalue weighted by atomic mass is 9.92. The Morgan fingerprint density at radius 2 is 2.50 bits per heavy atom. The molecule has 0 amide bonds. The van der Waals surface area contributed by atoms with Gasteiger partial charge in [0.25, 0.3) is 0 Å². The van der Waals surface area contributed by atoms with Crippen LogP contribution in [0.3, 0.4) is 0 Å². The predicted octanol–water partition coefficient (Wildman–Crippen LogP) is 1.79. The summed E-state index contributed by atoms with van der Waals surface area (Å²) in [4.78, 5) is 17.6. The number of hydrogen-bond donors (Lipinski definition) is 1. The number of hydrogen-bond acceptors (Lipinski definition) is 4. The standard InChI is InChI=1S/C13H15N3O2/c1-2-13(12(17)18)6-4-8-16(13)11-10(9-14)5-3-7-15-11/h3,5,7H,2,4,6,8H2,1H3,(H,17,18). The average molecular weight is 245 g/mol. The van der Waals surface area contributed by atoms with Crippen LogP contribution in [0.2, 0.25) is 0 Å². The number of nitriles is 1. The SMILES string of the molecule is CCC1(C(=O)O)CCCN1c1ncccc1C#N. The largest absolute Gasteiger partial charge is 0.479 e. The Morgan fingerprint density at radius 1 is 1.72 bits per heavy atom. The van der Waals surface area contributed by atoms with Crippen LogP contribution in [0.5, 0.6) is 0 Å². The normalized spacial score (nSPS) is 22.8. The Balaban J connectivity index is 2.50. The Morgan fingerprint density at radius 3 is 3.11 bits per heavy atom. The molecule has 18 heavy (non-hydrogen) atoms. The summed E-state index contributed by atoms with van der Waals surface area (Å²) in [5.74, 6) is -0.348. The molecule has 0 radical (unpaired) electrons. The molecule has 1 unspecified atom stereocenters. The number of aromatic nitrogens is 1. The second kappa shape index (κ2) is 4.65. The topological polar surface area (TPSA) is 77.2 Å². The van der Waals surface area contributed by atoms with Crippen molar-refractivity contribution >= 4 is 11.8 Å². The Kier molecular flexibility index (Phi) is 3.19. The molecule has 1 N–H and O–H groups in total. The van der Waals surface area contributed by atoms with Crippen LogP contribution >= 0.6 is 0 Å². The summed E-state index contributed by atoms with van der Waals surface area (Å²) in [7, 11) is 0. The van der Waals surface area contributed by atoms with E-state index in [0.717, 1.165) is 6.42 Å². The second-order valence-electron chi connectivity index (χ2n) is 4.43. The van der Waals surface area contributed by atoms with E-state index in [1.54, 1.807) is 23.2 Å². The fraction of sp³-hybridized carbons (Fsp3) is 0.462. The third kappa shape index (κ3) is 1.70. The Bertz CT molecular complexity index is 509. The van der Waals surface area contributed by atoms with E-state index in [-0.39, 0.29) is 0 Å². The van der Waals surface area contributed by atoms with Gasteiger partial charge in [-0.25, -0.2) is 9.78 Å². The van der Waals surface area contributed by atoms with Crippen molar-refractivity contribution in [2.45, 2.75) is 31.7 Å². The van der Waals surface area contributed by atoms with Crippen molar-refractivity contribution in [1.82, 2.24) is 4.98 Å². The third-order valence-electron chi connectivity index (χ3n) is 3.63. The lowest BCUT2D eigenvalue weighted by Gasteiger charge is -2.35. The quantitative estimate of drug-likeness (QED) is 0.878. The monoisotopic (exact) mass is 245 g/mol. The highest BCUT2D eigenvalue weighted by Crippen LogP contribution is 2.37. The molecule has 0 aromatic carbocycles. The molecule has 1 saturated heterocycles. The van der Waals surface area contributed by atoms with Crippen LogP contribution in [0.1, 0.15) is 31.7 Å². The average Bonchev–Trinajstić information content (AvgIpc) is 2.83. The number of aliphatic carboxylic acids is 1. The molecule has 0 spiro atoms. The molecule has 1 fully saturated rings. The summed E-state index contributed by atoms with van der Waals surface area (Å²) in [5.41, 5.74) is -0.488. The fourth-order valence-electron chi connectivity index (χ4n) is 2.63. The van der Waals surface area contributed by atoms with Crippen LogP contribution in [0.4, 0.5) is 5.82 Å². The van der Waals surface area contributed by atoms with Crippen molar-refractivity contribution in [3.63, 3.8) is 0 Å². The fourth-order valence-corrected chi connectivity index (χ4v) is 2.63. The van der Waals surface area contributed by atoms with Crippen LogP contribution in [0, 0.1) is 11.3 Å². The summed E-state index contributed by atoms with van der Waals surface area (Å²) in [6.07, 6.45) is 3.50. The molecule has 0 aliphatic carbocycles. The zero-order chi connectivity index (χ0) is 13.2. The van der Waals surface area contributed by atoms with Crippen LogP contribution in [0.15, 0.2) is 18.3 Å². The van der Waals surface area contributed by atoms with Crippen LogP contribution in [-0.2, 0) is 4.79 Å². The number of carboxylic acids is 1. The molecule has 2 rings (SSSR count). The molecule has 94 valence electrons. The Hall–Kier alpha value is -2.09. The van der Waals surface area contributed by atoms with E-state index in [0.29, 0.717) is 30.8 Å². The lowest BCUT2D eigenvalue weighted by Crippen LogP contribution is -2.50. The van der Waals surface area contributed by atoms with Crippen LogP contribution in [0.25, 0.3) is 0 Å². The molecule has 5 nitrogen and oxygen atoms in total. The first-order valence-corrected chi connectivity index (χ1v) is 6.02. The number of carboxylic acid groups (broad SMARTS) is 1. The van der Waals surface area contributed by atoms with Gasteiger partial charge in [0.15, 0.2) is 0 Å². The molecule has 1 aliphatic heterocycles. The number of nitrogens with zero attached hydrogens (tertiary/aromatic N) is 3. The summed E-state index contributed by atoms with van der Waals surface area (Å²) < 4.78 is 0. The summed E-state index contributed by atoms with van der Waals surface area (Å²) in [5, 5.41) is 18.6. The van der Waals surface area contributed by atoms with Crippen molar-refractivity contribution in [2.24, 2.45) is 0 Å². The van der Waals surface area contributed by atoms with Crippen molar-refractivity contribution in [3.8, 4) is 6.07 Å². The number of anilines is 1. The Labute approximate surface area is 106 Å². The molecular weight excluding hydrogens is 230 g/mol. The van der Waals surface area contributed by atoms with E-state index in [1.807, 2.05) is 6.92 Å². The molecule has 0 saturated carbocycles. The molecule has 2 heterocycles. The molecule has 5 heteroatoms. The van der Waals surface area contributed by atoms with Gasteiger partial charge in [-0.05, 0) is 31.4 Å². The lowest BCUT2D eigenvalue weighted by molar-refractivity contribution is -0.143. The molecule has 1 atom stereocenters.